The highest BCUT2D eigenvalue weighted by Gasteiger charge is 2.23. The van der Waals surface area contributed by atoms with Crippen LogP contribution in [0.1, 0.15) is 12.7 Å². The molecular formula is C41H33B5N2S. The minimum atomic E-state index is 0.838. The highest BCUT2D eigenvalue weighted by molar-refractivity contribution is 7.26. The average molecular weight is 640 g/mol. The van der Waals surface area contributed by atoms with Gasteiger partial charge in [-0.3, -0.25) is 4.57 Å². The van der Waals surface area contributed by atoms with E-state index in [4.69, 9.17) is 4.98 Å². The molecule has 0 amide bonds. The van der Waals surface area contributed by atoms with Gasteiger partial charge in [0.05, 0.1) is 16.7 Å². The Morgan fingerprint density at radius 3 is 1.98 bits per heavy atom. The summed E-state index contributed by atoms with van der Waals surface area (Å²) in [6.07, 6.45) is 0.838. The SMILES string of the molecule is Bc1c(B)c(B)c(-c2ccc3c(-n4c(CC)nc5ccccc54)c4ccccc4c(-c4cccc5sc6ccccc6c45)c3c2)c(B)c1B. The zero-order chi connectivity index (χ0) is 33.6. The van der Waals surface area contributed by atoms with Gasteiger partial charge in [-0.15, -0.1) is 27.7 Å². The van der Waals surface area contributed by atoms with E-state index < -0.39 is 0 Å². The third-order valence-electron chi connectivity index (χ3n) is 11.1. The molecule has 9 aromatic rings. The number of para-hydroxylation sites is 2. The normalized spacial score (nSPS) is 11.9. The van der Waals surface area contributed by atoms with Crippen molar-refractivity contribution in [3.63, 3.8) is 0 Å². The third kappa shape index (κ3) is 4.36. The van der Waals surface area contributed by atoms with Crippen LogP contribution in [0.3, 0.4) is 0 Å². The number of thiophene rings is 1. The van der Waals surface area contributed by atoms with Gasteiger partial charge in [0.15, 0.2) is 0 Å². The Kier molecular flexibility index (Phi) is 6.97. The first-order valence-corrected chi connectivity index (χ1v) is 18.1. The van der Waals surface area contributed by atoms with Gasteiger partial charge in [0, 0.05) is 37.4 Å². The van der Waals surface area contributed by atoms with E-state index in [9.17, 15) is 0 Å². The van der Waals surface area contributed by atoms with Crippen LogP contribution >= 0.6 is 11.3 Å². The van der Waals surface area contributed by atoms with Crippen molar-refractivity contribution in [3.05, 3.63) is 115 Å². The Hall–Kier alpha value is -4.93. The lowest BCUT2D eigenvalue weighted by atomic mass is 9.59. The largest absolute Gasteiger partial charge is 0.295 e. The van der Waals surface area contributed by atoms with Crippen molar-refractivity contribution >= 4 is 131 Å². The number of aromatic nitrogens is 2. The Labute approximate surface area is 295 Å². The minimum absolute atomic E-state index is 0.838. The molecule has 0 saturated heterocycles. The summed E-state index contributed by atoms with van der Waals surface area (Å²) in [6, 6.07) is 40.6. The summed E-state index contributed by atoms with van der Waals surface area (Å²) in [7, 11) is 11.4. The van der Waals surface area contributed by atoms with Crippen LogP contribution in [0.15, 0.2) is 109 Å². The van der Waals surface area contributed by atoms with Crippen molar-refractivity contribution < 1.29 is 0 Å². The monoisotopic (exact) mass is 640 g/mol. The lowest BCUT2D eigenvalue weighted by Crippen LogP contribution is -2.55. The maximum absolute atomic E-state index is 5.15. The Morgan fingerprint density at radius 2 is 1.20 bits per heavy atom. The molecule has 228 valence electrons. The van der Waals surface area contributed by atoms with E-state index in [-0.39, 0.29) is 0 Å². The number of nitrogens with zero attached hydrogens (tertiary/aromatic N) is 2. The maximum Gasteiger partial charge on any atom is 0.139 e. The van der Waals surface area contributed by atoms with Gasteiger partial charge in [-0.05, 0) is 63.4 Å². The summed E-state index contributed by atoms with van der Waals surface area (Å²) in [5.41, 5.74) is 15.5. The van der Waals surface area contributed by atoms with Gasteiger partial charge in [-0.2, -0.15) is 0 Å². The summed E-state index contributed by atoms with van der Waals surface area (Å²) in [5.74, 6) is 1.08. The third-order valence-corrected chi connectivity index (χ3v) is 12.3. The van der Waals surface area contributed by atoms with Gasteiger partial charge in [0.1, 0.15) is 45.1 Å². The second-order valence-corrected chi connectivity index (χ2v) is 14.6. The fourth-order valence-electron chi connectivity index (χ4n) is 8.32. The highest BCUT2D eigenvalue weighted by Crippen LogP contribution is 2.47. The number of aryl methyl sites for hydroxylation is 1. The Balaban J connectivity index is 1.51. The van der Waals surface area contributed by atoms with E-state index in [1.807, 2.05) is 11.3 Å². The average Bonchev–Trinajstić information content (AvgIpc) is 3.71. The molecule has 0 saturated carbocycles. The molecule has 0 aliphatic rings. The fourth-order valence-corrected chi connectivity index (χ4v) is 9.45. The molecule has 0 spiro atoms. The zero-order valence-electron chi connectivity index (χ0n) is 28.9. The highest BCUT2D eigenvalue weighted by atomic mass is 32.1. The van der Waals surface area contributed by atoms with Crippen LogP contribution in [0.25, 0.3) is 80.7 Å². The second-order valence-electron chi connectivity index (χ2n) is 13.5. The molecule has 0 aliphatic heterocycles. The summed E-state index contributed by atoms with van der Waals surface area (Å²) in [5, 5.41) is 7.66. The van der Waals surface area contributed by atoms with E-state index in [1.165, 1.54) is 97.0 Å². The maximum atomic E-state index is 5.15. The van der Waals surface area contributed by atoms with Crippen molar-refractivity contribution in [1.82, 2.24) is 9.55 Å². The molecule has 7 aromatic carbocycles. The predicted molar refractivity (Wildman–Crippen MR) is 230 cm³/mol. The summed E-state index contributed by atoms with van der Waals surface area (Å²) in [4.78, 5) is 5.15. The minimum Gasteiger partial charge on any atom is -0.295 e. The van der Waals surface area contributed by atoms with Gasteiger partial charge in [-0.1, -0.05) is 96.7 Å². The molecule has 49 heavy (non-hydrogen) atoms. The second kappa shape index (κ2) is 11.3. The van der Waals surface area contributed by atoms with Crippen molar-refractivity contribution in [1.29, 1.82) is 0 Å². The van der Waals surface area contributed by atoms with Gasteiger partial charge in [0.25, 0.3) is 0 Å². The first-order chi connectivity index (χ1) is 23.9. The number of fused-ring (bicyclic) bond motifs is 6. The van der Waals surface area contributed by atoms with Crippen LogP contribution in [-0.2, 0) is 6.42 Å². The number of imidazole rings is 1. The molecule has 0 unspecified atom stereocenters. The van der Waals surface area contributed by atoms with E-state index in [1.54, 1.807) is 0 Å². The molecule has 9 rings (SSSR count). The zero-order valence-corrected chi connectivity index (χ0v) is 29.7. The molecular weight excluding hydrogens is 607 g/mol. The van der Waals surface area contributed by atoms with Crippen molar-refractivity contribution in [2.75, 3.05) is 0 Å². The van der Waals surface area contributed by atoms with Gasteiger partial charge < -0.3 is 0 Å². The van der Waals surface area contributed by atoms with Crippen LogP contribution in [0.4, 0.5) is 0 Å². The van der Waals surface area contributed by atoms with Crippen LogP contribution in [-0.4, -0.2) is 48.8 Å². The molecule has 0 fully saturated rings. The molecule has 0 aliphatic carbocycles. The van der Waals surface area contributed by atoms with E-state index >= 15 is 0 Å². The number of rotatable bonds is 4. The lowest BCUT2D eigenvalue weighted by Gasteiger charge is -2.23. The summed E-state index contributed by atoms with van der Waals surface area (Å²) < 4.78 is 5.08. The summed E-state index contributed by atoms with van der Waals surface area (Å²) >= 11 is 1.88. The van der Waals surface area contributed by atoms with Crippen LogP contribution < -0.4 is 27.3 Å². The Bertz CT molecular complexity index is 2800. The van der Waals surface area contributed by atoms with E-state index in [0.29, 0.717) is 0 Å². The number of benzene rings is 7. The molecule has 0 N–H and O–H groups in total. The topological polar surface area (TPSA) is 17.8 Å². The van der Waals surface area contributed by atoms with Gasteiger partial charge in [0.2, 0.25) is 0 Å². The molecule has 8 heteroatoms. The molecule has 0 radical (unpaired) electrons. The van der Waals surface area contributed by atoms with Crippen molar-refractivity contribution in [2.24, 2.45) is 0 Å². The van der Waals surface area contributed by atoms with Gasteiger partial charge in [-0.25, -0.2) is 4.98 Å². The Morgan fingerprint density at radius 1 is 0.571 bits per heavy atom. The lowest BCUT2D eigenvalue weighted by molar-refractivity contribution is 0.917. The molecule has 0 atom stereocenters. The van der Waals surface area contributed by atoms with Crippen molar-refractivity contribution in [2.45, 2.75) is 13.3 Å². The number of hydrogen-bond donors (Lipinski definition) is 0. The predicted octanol–water partition coefficient (Wildman–Crippen LogP) is 2.89. The molecule has 2 nitrogen and oxygen atoms in total. The molecule has 2 heterocycles. The molecule has 2 aromatic heterocycles. The summed E-state index contributed by atoms with van der Waals surface area (Å²) in [6.45, 7) is 2.21. The number of hydrogen-bond acceptors (Lipinski definition) is 2. The molecule has 0 bridgehead atoms. The van der Waals surface area contributed by atoms with E-state index in [0.717, 1.165) is 23.3 Å². The van der Waals surface area contributed by atoms with E-state index in [2.05, 4.69) is 160 Å². The fraction of sp³-hybridized carbons (Fsp3) is 0.0488. The van der Waals surface area contributed by atoms with Crippen molar-refractivity contribution in [3.8, 4) is 27.9 Å². The first-order valence-electron chi connectivity index (χ1n) is 17.3. The quantitative estimate of drug-likeness (QED) is 0.214. The van der Waals surface area contributed by atoms with Gasteiger partial charge >= 0.3 is 0 Å². The first kappa shape index (κ1) is 30.2. The van der Waals surface area contributed by atoms with Crippen LogP contribution in [0.2, 0.25) is 0 Å². The smallest absolute Gasteiger partial charge is 0.139 e. The van der Waals surface area contributed by atoms with Crippen LogP contribution in [0, 0.1) is 0 Å². The van der Waals surface area contributed by atoms with Crippen LogP contribution in [0.5, 0.6) is 0 Å². The standard InChI is InChI=1S/C41H33B5N2S/c1-2-32-47-28-14-6-7-15-29(28)48(32)41-23-11-4-3-10-22(23)34(26-13-9-17-31-35(26)25-12-5-8-16-30(25)49-31)27-20-21(18-19-24(27)41)33-36(42)38(44)40(46)39(45)37(33)43/h3-20H,2,42-46H2,1H3.